The van der Waals surface area contributed by atoms with Gasteiger partial charge in [0.25, 0.3) is 17.5 Å². The lowest BCUT2D eigenvalue weighted by atomic mass is 9.80. The molecule has 4 rings (SSSR count). The van der Waals surface area contributed by atoms with E-state index in [0.717, 1.165) is 0 Å². The zero-order valence-corrected chi connectivity index (χ0v) is 16.7. The molecule has 29 heavy (non-hydrogen) atoms. The topological polar surface area (TPSA) is 164 Å². The number of hydrogen-bond donors (Lipinski definition) is 5. The van der Waals surface area contributed by atoms with Crippen molar-refractivity contribution in [3.05, 3.63) is 0 Å². The van der Waals surface area contributed by atoms with Gasteiger partial charge in [-0.1, -0.05) is 0 Å². The van der Waals surface area contributed by atoms with Gasteiger partial charge in [-0.15, -0.1) is 0 Å². The number of carbonyl (C=O) groups is 3. The molecule has 5 N–H and O–H groups in total. The lowest BCUT2D eigenvalue weighted by Crippen LogP contribution is -2.83. The quantitative estimate of drug-likeness (QED) is 0.358. The standard InChI is InChI=1S/C18H28N2O9/c1-15(2)28-9-16(3,29-15)12(23)18-14(25)19-17(26,13(24)20-18)10(7-8-27-18)5-4-6-11(21)22/h10,12,23,26H,4-9H2,1-3H3,(H,19,25)(H,20,24)(H,21,22)/t10-,12+,16+,17-,18+/m1/s1. The summed E-state index contributed by atoms with van der Waals surface area (Å²) in [6.45, 7) is 4.75. The molecule has 2 bridgehead atoms. The normalized spacial score (nSPS) is 40.0. The van der Waals surface area contributed by atoms with Gasteiger partial charge in [-0.3, -0.25) is 14.4 Å². The van der Waals surface area contributed by atoms with Crippen molar-refractivity contribution in [1.29, 1.82) is 0 Å². The Morgan fingerprint density at radius 3 is 2.48 bits per heavy atom. The molecule has 0 unspecified atom stereocenters. The minimum Gasteiger partial charge on any atom is -0.481 e. The van der Waals surface area contributed by atoms with Crippen LogP contribution in [0.4, 0.5) is 0 Å². The van der Waals surface area contributed by atoms with Gasteiger partial charge < -0.3 is 40.2 Å². The van der Waals surface area contributed by atoms with Crippen LogP contribution in [-0.2, 0) is 28.6 Å². The fourth-order valence-corrected chi connectivity index (χ4v) is 4.23. The molecule has 0 radical (unpaired) electrons. The van der Waals surface area contributed by atoms with Crippen LogP contribution in [0.15, 0.2) is 0 Å². The van der Waals surface area contributed by atoms with E-state index in [2.05, 4.69) is 10.6 Å². The summed E-state index contributed by atoms with van der Waals surface area (Å²) < 4.78 is 17.0. The summed E-state index contributed by atoms with van der Waals surface area (Å²) in [6, 6.07) is 0. The third-order valence-corrected chi connectivity index (χ3v) is 5.77. The lowest BCUT2D eigenvalue weighted by molar-refractivity contribution is -0.248. The van der Waals surface area contributed by atoms with Crippen LogP contribution in [0.2, 0.25) is 0 Å². The number of aliphatic hydroxyl groups excluding tert-OH is 1. The number of aliphatic carboxylic acids is 1. The minimum atomic E-state index is -2.23. The number of hydrogen-bond acceptors (Lipinski definition) is 8. The summed E-state index contributed by atoms with van der Waals surface area (Å²) in [7, 11) is 0. The van der Waals surface area contributed by atoms with E-state index in [1.807, 2.05) is 0 Å². The molecule has 0 aromatic rings. The smallest absolute Gasteiger partial charge is 0.303 e. The highest BCUT2D eigenvalue weighted by atomic mass is 16.8. The molecular weight excluding hydrogens is 388 g/mol. The first kappa shape index (κ1) is 21.9. The highest BCUT2D eigenvalue weighted by molar-refractivity contribution is 6.01. The Bertz CT molecular complexity index is 713. The number of carboxylic acids is 1. The monoisotopic (exact) mass is 416 g/mol. The highest BCUT2D eigenvalue weighted by Gasteiger charge is 2.66. The summed E-state index contributed by atoms with van der Waals surface area (Å²) in [4.78, 5) is 36.5. The van der Waals surface area contributed by atoms with Gasteiger partial charge in [-0.2, -0.15) is 0 Å². The van der Waals surface area contributed by atoms with Gasteiger partial charge in [0.1, 0.15) is 11.7 Å². The molecule has 0 saturated carbocycles. The Hall–Kier alpha value is -1.79. The molecule has 4 aliphatic heterocycles. The maximum absolute atomic E-state index is 13.0. The molecular formula is C18H28N2O9. The predicted octanol–water partition coefficient (Wildman–Crippen LogP) is -1.19. The third-order valence-electron chi connectivity index (χ3n) is 5.77. The van der Waals surface area contributed by atoms with E-state index in [1.54, 1.807) is 13.8 Å². The lowest BCUT2D eigenvalue weighted by Gasteiger charge is -2.51. The molecule has 5 atom stereocenters. The van der Waals surface area contributed by atoms with Crippen LogP contribution >= 0.6 is 0 Å². The number of carbonyl (C=O) groups excluding carboxylic acids is 2. The molecule has 4 fully saturated rings. The van der Waals surface area contributed by atoms with Crippen LogP contribution in [0.3, 0.4) is 0 Å². The van der Waals surface area contributed by atoms with Crippen LogP contribution in [0.1, 0.15) is 46.5 Å². The SMILES string of the molecule is CC1(C)OC[C@@](C)([C@H](O)[C@@]23NC(=O)[C@@](O)(NC2=O)[C@H](CCCC(=O)O)CCO3)O1. The van der Waals surface area contributed by atoms with Crippen LogP contribution in [0, 0.1) is 5.92 Å². The Morgan fingerprint density at radius 2 is 1.90 bits per heavy atom. The number of fused-ring (bicyclic) bond motifs is 5. The summed E-state index contributed by atoms with van der Waals surface area (Å²) in [5.74, 6) is -4.59. The molecule has 0 spiro atoms. The summed E-state index contributed by atoms with van der Waals surface area (Å²) in [6.07, 6.45) is -1.17. The van der Waals surface area contributed by atoms with E-state index < -0.39 is 52.6 Å². The molecule has 4 heterocycles. The van der Waals surface area contributed by atoms with Crippen molar-refractivity contribution in [3.8, 4) is 0 Å². The maximum atomic E-state index is 13.0. The third kappa shape index (κ3) is 3.73. The fourth-order valence-electron chi connectivity index (χ4n) is 4.23. The Kier molecular flexibility index (Phi) is 5.41. The van der Waals surface area contributed by atoms with E-state index in [9.17, 15) is 24.6 Å². The molecule has 0 aromatic carbocycles. The molecule has 0 aliphatic carbocycles. The van der Waals surface area contributed by atoms with Crippen molar-refractivity contribution in [3.63, 3.8) is 0 Å². The molecule has 4 saturated heterocycles. The fraction of sp³-hybridized carbons (Fsp3) is 0.833. The van der Waals surface area contributed by atoms with Gasteiger partial charge in [0.2, 0.25) is 5.72 Å². The number of aliphatic hydroxyl groups is 2. The van der Waals surface area contributed by atoms with Gasteiger partial charge in [0.15, 0.2) is 5.79 Å². The number of carboxylic acid groups (broad SMARTS) is 1. The van der Waals surface area contributed by atoms with E-state index >= 15 is 0 Å². The predicted molar refractivity (Wildman–Crippen MR) is 95.0 cm³/mol. The van der Waals surface area contributed by atoms with E-state index in [4.69, 9.17) is 19.3 Å². The van der Waals surface area contributed by atoms with Gasteiger partial charge in [0, 0.05) is 12.3 Å². The molecule has 0 aromatic heterocycles. The summed E-state index contributed by atoms with van der Waals surface area (Å²) >= 11 is 0. The number of ether oxygens (including phenoxy) is 3. The van der Waals surface area contributed by atoms with Crippen molar-refractivity contribution >= 4 is 17.8 Å². The van der Waals surface area contributed by atoms with Crippen LogP contribution in [0.5, 0.6) is 0 Å². The van der Waals surface area contributed by atoms with Crippen LogP contribution in [-0.4, -0.2) is 75.3 Å². The van der Waals surface area contributed by atoms with Crippen molar-refractivity contribution < 1.29 is 43.9 Å². The molecule has 164 valence electrons. The second kappa shape index (κ2) is 7.17. The van der Waals surface area contributed by atoms with E-state index in [0.29, 0.717) is 0 Å². The van der Waals surface area contributed by atoms with Crippen LogP contribution < -0.4 is 10.6 Å². The van der Waals surface area contributed by atoms with Crippen LogP contribution in [0.25, 0.3) is 0 Å². The summed E-state index contributed by atoms with van der Waals surface area (Å²) in [5, 5.41) is 35.4. The maximum Gasteiger partial charge on any atom is 0.303 e. The summed E-state index contributed by atoms with van der Waals surface area (Å²) in [5.41, 5.74) is -5.74. The average Bonchev–Trinajstić information content (AvgIpc) is 2.90. The largest absolute Gasteiger partial charge is 0.481 e. The Balaban J connectivity index is 1.84. The number of nitrogens with one attached hydrogen (secondary N) is 2. The second-order valence-corrected chi connectivity index (χ2v) is 8.54. The van der Waals surface area contributed by atoms with Crippen molar-refractivity contribution in [2.75, 3.05) is 13.2 Å². The molecule has 2 amide bonds. The average molecular weight is 416 g/mol. The Labute approximate surface area is 167 Å². The van der Waals surface area contributed by atoms with E-state index in [1.165, 1.54) is 6.92 Å². The number of piperazine rings is 1. The van der Waals surface area contributed by atoms with Crippen molar-refractivity contribution in [1.82, 2.24) is 10.6 Å². The van der Waals surface area contributed by atoms with Crippen molar-refractivity contribution in [2.24, 2.45) is 5.92 Å². The van der Waals surface area contributed by atoms with Crippen molar-refractivity contribution in [2.45, 2.75) is 75.4 Å². The molecule has 11 nitrogen and oxygen atoms in total. The first-order chi connectivity index (χ1) is 13.3. The first-order valence-electron chi connectivity index (χ1n) is 9.60. The van der Waals surface area contributed by atoms with Gasteiger partial charge in [0.05, 0.1) is 13.2 Å². The first-order valence-corrected chi connectivity index (χ1v) is 9.60. The highest BCUT2D eigenvalue weighted by Crippen LogP contribution is 2.40. The van der Waals surface area contributed by atoms with Gasteiger partial charge in [-0.25, -0.2) is 0 Å². The number of amides is 2. The second-order valence-electron chi connectivity index (χ2n) is 8.54. The molecule has 4 aliphatic rings. The molecule has 11 heteroatoms. The zero-order chi connectivity index (χ0) is 21.7. The van der Waals surface area contributed by atoms with Gasteiger partial charge >= 0.3 is 5.97 Å². The van der Waals surface area contributed by atoms with E-state index in [-0.39, 0.29) is 38.9 Å². The minimum absolute atomic E-state index is 0.0441. The number of rotatable bonds is 6. The van der Waals surface area contributed by atoms with Gasteiger partial charge in [-0.05, 0) is 40.0 Å². The Morgan fingerprint density at radius 1 is 1.21 bits per heavy atom. The zero-order valence-electron chi connectivity index (χ0n) is 16.7.